The molecule has 1 aromatic carbocycles. The molecule has 1 rings (SSSR count). The van der Waals surface area contributed by atoms with E-state index in [9.17, 15) is 4.79 Å². The fraction of sp³-hybridized carbons (Fsp3) is 0.364. The number of hydrogen-bond acceptors (Lipinski definition) is 2. The monoisotopic (exact) mass is 194 g/mol. The highest BCUT2D eigenvalue weighted by molar-refractivity contribution is 5.70. The predicted octanol–water partition coefficient (Wildman–Crippen LogP) is 0.923. The maximum absolute atomic E-state index is 11.2. The zero-order valence-corrected chi connectivity index (χ0v) is 8.40. The van der Waals surface area contributed by atoms with E-state index in [-0.39, 0.29) is 12.0 Å². The Balaban J connectivity index is 2.50. The van der Waals surface area contributed by atoms with Crippen LogP contribution in [-0.4, -0.2) is 12.6 Å². The van der Waals surface area contributed by atoms with Gasteiger partial charge in [-0.15, -0.1) is 0 Å². The van der Waals surface area contributed by atoms with Crippen LogP contribution < -0.4 is 5.73 Å². The average Bonchev–Trinajstić information content (AvgIpc) is 2.19. The van der Waals surface area contributed by atoms with Gasteiger partial charge < -0.3 is 10.5 Å². The van der Waals surface area contributed by atoms with E-state index in [0.717, 1.165) is 5.56 Å². The summed E-state index contributed by atoms with van der Waals surface area (Å²) >= 11 is 0. The molecule has 3 heteroatoms. The Labute approximate surface area is 83.9 Å². The number of quaternary nitrogens is 1. The molecular formula is C11H16NO2+. The molecule has 0 spiro atoms. The van der Waals surface area contributed by atoms with Crippen LogP contribution in [0.5, 0.6) is 0 Å². The molecule has 0 radical (unpaired) electrons. The van der Waals surface area contributed by atoms with Crippen LogP contribution in [0.25, 0.3) is 0 Å². The molecule has 0 amide bonds. The lowest BCUT2D eigenvalue weighted by Crippen LogP contribution is -2.54. The summed E-state index contributed by atoms with van der Waals surface area (Å²) in [7, 11) is 0. The van der Waals surface area contributed by atoms with Crippen molar-refractivity contribution in [1.29, 1.82) is 0 Å². The number of carbonyl (C=O) groups is 1. The summed E-state index contributed by atoms with van der Waals surface area (Å²) in [5.74, 6) is -0.184. The second-order valence-corrected chi connectivity index (χ2v) is 3.12. The highest BCUT2D eigenvalue weighted by Gasteiger charge is 2.14. The summed E-state index contributed by atoms with van der Waals surface area (Å²) in [6.45, 7) is 2.23. The molecule has 1 aromatic rings. The highest BCUT2D eigenvalue weighted by Crippen LogP contribution is 2.11. The van der Waals surface area contributed by atoms with Crippen molar-refractivity contribution < 1.29 is 15.3 Å². The van der Waals surface area contributed by atoms with E-state index in [0.29, 0.717) is 13.0 Å². The minimum Gasteiger partial charge on any atom is -0.466 e. The van der Waals surface area contributed by atoms with E-state index in [1.165, 1.54) is 0 Å². The van der Waals surface area contributed by atoms with Gasteiger partial charge in [0, 0.05) is 5.56 Å². The van der Waals surface area contributed by atoms with Crippen LogP contribution >= 0.6 is 0 Å². The lowest BCUT2D eigenvalue weighted by molar-refractivity contribution is -0.425. The molecule has 3 nitrogen and oxygen atoms in total. The van der Waals surface area contributed by atoms with Gasteiger partial charge in [-0.25, -0.2) is 0 Å². The van der Waals surface area contributed by atoms with E-state index in [1.54, 1.807) is 6.92 Å². The molecule has 0 aromatic heterocycles. The van der Waals surface area contributed by atoms with Gasteiger partial charge in [0.15, 0.2) is 0 Å². The minimum atomic E-state index is -0.184. The first kappa shape index (κ1) is 10.7. The van der Waals surface area contributed by atoms with Gasteiger partial charge in [-0.3, -0.25) is 4.79 Å². The summed E-state index contributed by atoms with van der Waals surface area (Å²) in [5.41, 5.74) is 5.00. The molecule has 0 heterocycles. The zero-order valence-electron chi connectivity index (χ0n) is 8.40. The molecule has 0 aliphatic carbocycles. The summed E-state index contributed by atoms with van der Waals surface area (Å²) in [6, 6.07) is 9.75. The molecule has 0 aliphatic rings. The maximum Gasteiger partial charge on any atom is 0.312 e. The van der Waals surface area contributed by atoms with Gasteiger partial charge in [-0.1, -0.05) is 30.3 Å². The number of rotatable bonds is 4. The van der Waals surface area contributed by atoms with Crippen LogP contribution in [0.1, 0.15) is 24.9 Å². The topological polar surface area (TPSA) is 53.9 Å². The standard InChI is InChI=1S/C11H15NO2/c1-2-14-11(13)8-10(12)9-6-4-3-5-7-9/h3-7,10H,2,8,12H2,1H3/p+1. The second-order valence-electron chi connectivity index (χ2n) is 3.12. The first-order chi connectivity index (χ1) is 6.74. The van der Waals surface area contributed by atoms with Crippen molar-refractivity contribution in [2.45, 2.75) is 19.4 Å². The maximum atomic E-state index is 11.2. The third kappa shape index (κ3) is 3.18. The first-order valence-electron chi connectivity index (χ1n) is 4.77. The quantitative estimate of drug-likeness (QED) is 0.725. The molecule has 0 fully saturated rings. The number of ether oxygens (including phenoxy) is 1. The third-order valence-electron chi connectivity index (χ3n) is 1.99. The van der Waals surface area contributed by atoms with Gasteiger partial charge in [0.1, 0.15) is 12.5 Å². The Hall–Kier alpha value is -1.35. The van der Waals surface area contributed by atoms with E-state index >= 15 is 0 Å². The predicted molar refractivity (Wildman–Crippen MR) is 53.3 cm³/mol. The molecule has 14 heavy (non-hydrogen) atoms. The van der Waals surface area contributed by atoms with Gasteiger partial charge in [0.05, 0.1) is 6.61 Å². The average molecular weight is 194 g/mol. The Bertz CT molecular complexity index is 285. The number of carbonyl (C=O) groups excluding carboxylic acids is 1. The summed E-state index contributed by atoms with van der Waals surface area (Å²) in [4.78, 5) is 11.2. The zero-order chi connectivity index (χ0) is 10.4. The van der Waals surface area contributed by atoms with Crippen LogP contribution in [0.2, 0.25) is 0 Å². The SMILES string of the molecule is CCOC(=O)CC([NH3+])c1ccccc1. The Morgan fingerprint density at radius 3 is 2.64 bits per heavy atom. The van der Waals surface area contributed by atoms with Gasteiger partial charge >= 0.3 is 5.97 Å². The van der Waals surface area contributed by atoms with Crippen LogP contribution in [0.3, 0.4) is 0 Å². The molecule has 1 unspecified atom stereocenters. The van der Waals surface area contributed by atoms with Crippen molar-refractivity contribution in [2.75, 3.05) is 6.61 Å². The Morgan fingerprint density at radius 2 is 2.07 bits per heavy atom. The van der Waals surface area contributed by atoms with E-state index in [2.05, 4.69) is 5.73 Å². The number of hydrogen-bond donors (Lipinski definition) is 1. The fourth-order valence-electron chi connectivity index (χ4n) is 1.26. The van der Waals surface area contributed by atoms with Crippen LogP contribution in [0.4, 0.5) is 0 Å². The molecular weight excluding hydrogens is 178 g/mol. The lowest BCUT2D eigenvalue weighted by Gasteiger charge is -2.07. The molecule has 0 bridgehead atoms. The molecule has 0 saturated carbocycles. The van der Waals surface area contributed by atoms with Gasteiger partial charge in [0.2, 0.25) is 0 Å². The van der Waals surface area contributed by atoms with Crippen molar-refractivity contribution in [3.8, 4) is 0 Å². The Morgan fingerprint density at radius 1 is 1.43 bits per heavy atom. The molecule has 0 aliphatic heterocycles. The van der Waals surface area contributed by atoms with Gasteiger partial charge in [-0.05, 0) is 6.92 Å². The second kappa shape index (κ2) is 5.40. The lowest BCUT2D eigenvalue weighted by atomic mass is 10.1. The van der Waals surface area contributed by atoms with Crippen molar-refractivity contribution in [1.82, 2.24) is 0 Å². The number of esters is 1. The van der Waals surface area contributed by atoms with Crippen molar-refractivity contribution >= 4 is 5.97 Å². The van der Waals surface area contributed by atoms with Crippen LogP contribution in [0, 0.1) is 0 Å². The minimum absolute atomic E-state index is 0.0183. The van der Waals surface area contributed by atoms with E-state index in [4.69, 9.17) is 4.74 Å². The molecule has 3 N–H and O–H groups in total. The van der Waals surface area contributed by atoms with Crippen LogP contribution in [-0.2, 0) is 9.53 Å². The normalized spacial score (nSPS) is 12.1. The van der Waals surface area contributed by atoms with Crippen LogP contribution in [0.15, 0.2) is 30.3 Å². The van der Waals surface area contributed by atoms with Gasteiger partial charge in [-0.2, -0.15) is 0 Å². The molecule has 76 valence electrons. The van der Waals surface area contributed by atoms with Gasteiger partial charge in [0.25, 0.3) is 0 Å². The fourth-order valence-corrected chi connectivity index (χ4v) is 1.26. The third-order valence-corrected chi connectivity index (χ3v) is 1.99. The van der Waals surface area contributed by atoms with Crippen molar-refractivity contribution in [3.05, 3.63) is 35.9 Å². The summed E-state index contributed by atoms with van der Waals surface area (Å²) in [5, 5.41) is 0. The summed E-state index contributed by atoms with van der Waals surface area (Å²) in [6.07, 6.45) is 0.345. The largest absolute Gasteiger partial charge is 0.466 e. The van der Waals surface area contributed by atoms with E-state index in [1.807, 2.05) is 30.3 Å². The smallest absolute Gasteiger partial charge is 0.312 e. The summed E-state index contributed by atoms with van der Waals surface area (Å²) < 4.78 is 4.86. The molecule has 1 atom stereocenters. The highest BCUT2D eigenvalue weighted by atomic mass is 16.5. The van der Waals surface area contributed by atoms with E-state index < -0.39 is 0 Å². The Kier molecular flexibility index (Phi) is 4.13. The molecule has 0 saturated heterocycles. The number of benzene rings is 1. The van der Waals surface area contributed by atoms with Crippen molar-refractivity contribution in [2.24, 2.45) is 0 Å². The first-order valence-corrected chi connectivity index (χ1v) is 4.77. The van der Waals surface area contributed by atoms with Crippen molar-refractivity contribution in [3.63, 3.8) is 0 Å².